The number of fused-ring (bicyclic) bond motifs is 1. The van der Waals surface area contributed by atoms with Gasteiger partial charge >= 0.3 is 0 Å². The summed E-state index contributed by atoms with van der Waals surface area (Å²) < 4.78 is 34.0. The molecule has 0 aromatic carbocycles. The van der Waals surface area contributed by atoms with E-state index in [1.807, 2.05) is 0 Å². The molecule has 39 heavy (non-hydrogen) atoms. The molecule has 5 heteroatoms. The van der Waals surface area contributed by atoms with E-state index in [0.29, 0.717) is 29.6 Å². The first kappa shape index (κ1) is 31.3. The van der Waals surface area contributed by atoms with E-state index in [1.54, 1.807) is 0 Å². The van der Waals surface area contributed by atoms with Gasteiger partial charge in [-0.2, -0.15) is 0 Å². The topological polar surface area (TPSA) is 43.4 Å². The van der Waals surface area contributed by atoms with Gasteiger partial charge in [0.1, 0.15) is 5.25 Å². The summed E-state index contributed by atoms with van der Waals surface area (Å²) in [6.45, 7) is 23.4. The minimum absolute atomic E-state index is 0.159. The Hall–Kier alpha value is -0.653. The highest BCUT2D eigenvalue weighted by Gasteiger charge is 2.51. The summed E-state index contributed by atoms with van der Waals surface area (Å²) in [6.07, 6.45) is 16.0. The van der Waals surface area contributed by atoms with E-state index in [9.17, 15) is 8.42 Å². The monoisotopic (exact) mass is 574 g/mol. The number of hydrogen-bond donors (Lipinski definition) is 0. The van der Waals surface area contributed by atoms with Gasteiger partial charge in [-0.1, -0.05) is 84.8 Å². The maximum atomic E-state index is 13.6. The second-order valence-corrected chi connectivity index (χ2v) is 22.7. The van der Waals surface area contributed by atoms with Crippen molar-refractivity contribution in [3.63, 3.8) is 0 Å². The Morgan fingerprint density at radius 3 is 2.36 bits per heavy atom. The molecule has 4 rings (SSSR count). The molecule has 3 aliphatic carbocycles. The summed E-state index contributed by atoms with van der Waals surface area (Å²) in [6, 6.07) is 0. The SMILES string of the molecule is CC(C)[C@@H](C)/C=C/[C@@H](C)[C@H]1CC[C@@H]2/C(=C/[C@@H]3C4=C(CC[C@H](O[Si](C)(C)C(C)(C)C)C4)CS3(=O)=O)CCC[C@@]21C. The van der Waals surface area contributed by atoms with E-state index in [-0.39, 0.29) is 22.3 Å². The van der Waals surface area contributed by atoms with Crippen molar-refractivity contribution in [2.75, 3.05) is 5.75 Å². The van der Waals surface area contributed by atoms with Crippen LogP contribution in [0.3, 0.4) is 0 Å². The number of rotatable bonds is 7. The van der Waals surface area contributed by atoms with Gasteiger partial charge in [0.2, 0.25) is 0 Å². The smallest absolute Gasteiger partial charge is 0.192 e. The second kappa shape index (κ2) is 11.2. The molecule has 222 valence electrons. The highest BCUT2D eigenvalue weighted by molar-refractivity contribution is 7.92. The summed E-state index contributed by atoms with van der Waals surface area (Å²) in [5, 5.41) is -0.255. The third-order valence-corrected chi connectivity index (χ3v) is 18.3. The Morgan fingerprint density at radius 2 is 1.72 bits per heavy atom. The summed E-state index contributed by atoms with van der Waals surface area (Å²) in [5.41, 5.74) is 4.12. The van der Waals surface area contributed by atoms with E-state index < -0.39 is 23.4 Å². The van der Waals surface area contributed by atoms with Crippen LogP contribution < -0.4 is 0 Å². The molecule has 0 aromatic heterocycles. The molecule has 2 fully saturated rings. The normalized spacial score (nSPS) is 36.0. The van der Waals surface area contributed by atoms with Gasteiger partial charge in [0.15, 0.2) is 18.2 Å². The Morgan fingerprint density at radius 1 is 1.03 bits per heavy atom. The van der Waals surface area contributed by atoms with Crippen LogP contribution in [0.25, 0.3) is 0 Å². The van der Waals surface area contributed by atoms with Crippen LogP contribution in [-0.4, -0.2) is 33.8 Å². The lowest BCUT2D eigenvalue weighted by molar-refractivity contribution is 0.111. The lowest BCUT2D eigenvalue weighted by Gasteiger charge is -2.44. The molecule has 0 N–H and O–H groups in total. The minimum Gasteiger partial charge on any atom is -0.414 e. The zero-order valence-electron chi connectivity index (χ0n) is 26.8. The Labute approximate surface area is 242 Å². The first-order chi connectivity index (χ1) is 18.0. The maximum absolute atomic E-state index is 13.6. The van der Waals surface area contributed by atoms with Gasteiger partial charge in [0.25, 0.3) is 0 Å². The average Bonchev–Trinajstić information content (AvgIpc) is 3.29. The van der Waals surface area contributed by atoms with Crippen molar-refractivity contribution in [1.82, 2.24) is 0 Å². The van der Waals surface area contributed by atoms with Crippen LogP contribution in [0.1, 0.15) is 107 Å². The lowest BCUT2D eigenvalue weighted by atomic mass is 9.61. The van der Waals surface area contributed by atoms with E-state index >= 15 is 0 Å². The van der Waals surface area contributed by atoms with Crippen LogP contribution in [0.15, 0.2) is 34.9 Å². The largest absolute Gasteiger partial charge is 0.414 e. The van der Waals surface area contributed by atoms with Gasteiger partial charge < -0.3 is 4.43 Å². The van der Waals surface area contributed by atoms with E-state index in [2.05, 4.69) is 86.7 Å². The van der Waals surface area contributed by atoms with Crippen LogP contribution in [0.2, 0.25) is 18.1 Å². The fraction of sp³-hybridized carbons (Fsp3) is 0.824. The molecule has 0 spiro atoms. The zero-order valence-corrected chi connectivity index (χ0v) is 28.6. The van der Waals surface area contributed by atoms with E-state index in [0.717, 1.165) is 25.7 Å². The van der Waals surface area contributed by atoms with Crippen molar-refractivity contribution in [3.8, 4) is 0 Å². The van der Waals surface area contributed by atoms with Crippen LogP contribution in [0.5, 0.6) is 0 Å². The third-order valence-electron chi connectivity index (χ3n) is 11.9. The summed E-state index contributed by atoms with van der Waals surface area (Å²) in [7, 11) is -5.07. The zero-order chi connectivity index (χ0) is 29.0. The molecule has 1 aliphatic heterocycles. The van der Waals surface area contributed by atoms with Crippen LogP contribution in [0.4, 0.5) is 0 Å². The third kappa shape index (κ3) is 6.26. The highest BCUT2D eigenvalue weighted by atomic mass is 32.2. The molecule has 0 amide bonds. The summed E-state index contributed by atoms with van der Waals surface area (Å²) in [4.78, 5) is 0. The quantitative estimate of drug-likeness (QED) is 0.225. The van der Waals surface area contributed by atoms with Crippen molar-refractivity contribution in [2.45, 2.75) is 136 Å². The summed E-state index contributed by atoms with van der Waals surface area (Å²) in [5.74, 6) is 3.31. The fourth-order valence-corrected chi connectivity index (χ4v) is 11.4. The molecule has 0 bridgehead atoms. The highest BCUT2D eigenvalue weighted by Crippen LogP contribution is 2.60. The number of sulfone groups is 1. The molecular weight excluding hydrogens is 517 g/mol. The van der Waals surface area contributed by atoms with Crippen molar-refractivity contribution >= 4 is 18.2 Å². The van der Waals surface area contributed by atoms with Gasteiger partial charge in [-0.25, -0.2) is 8.42 Å². The predicted molar refractivity (Wildman–Crippen MR) is 169 cm³/mol. The Bertz CT molecular complexity index is 1110. The standard InChI is InChI=1S/C34H58O3SSi/c1-23(2)24(3)13-14-25(4)30-17-18-31-26(12-11-19-34(30,31)8)20-32-29-21-28(37-39(9,10)33(5,6)7)16-15-27(29)22-38(32,35)36/h13-14,20,23-25,28,30-32H,11-12,15-19,21-22H2,1-10H3/b14-13+,26-20+/t24-,25+,28-,30+,31+,32+,34+/m0/s1. The van der Waals surface area contributed by atoms with Gasteiger partial charge in [0, 0.05) is 6.10 Å². The minimum atomic E-state index is -3.18. The van der Waals surface area contributed by atoms with Crippen molar-refractivity contribution in [2.24, 2.45) is 35.0 Å². The molecule has 2 saturated carbocycles. The lowest BCUT2D eigenvalue weighted by Crippen LogP contribution is -2.44. The van der Waals surface area contributed by atoms with E-state index in [1.165, 1.54) is 42.4 Å². The average molecular weight is 575 g/mol. The van der Waals surface area contributed by atoms with Crippen molar-refractivity contribution in [1.29, 1.82) is 0 Å². The Balaban J connectivity index is 1.56. The first-order valence-corrected chi connectivity index (χ1v) is 20.6. The number of allylic oxidation sites excluding steroid dienone is 3. The van der Waals surface area contributed by atoms with Gasteiger partial charge in [-0.05, 0) is 110 Å². The van der Waals surface area contributed by atoms with Crippen molar-refractivity contribution in [3.05, 3.63) is 34.9 Å². The second-order valence-electron chi connectivity index (χ2n) is 15.8. The Kier molecular flexibility index (Phi) is 8.99. The van der Waals surface area contributed by atoms with Gasteiger partial charge in [-0.3, -0.25) is 0 Å². The molecule has 3 nitrogen and oxygen atoms in total. The molecule has 0 aromatic rings. The fourth-order valence-electron chi connectivity index (χ4n) is 7.96. The molecule has 0 saturated heterocycles. The van der Waals surface area contributed by atoms with E-state index in [4.69, 9.17) is 4.43 Å². The molecular formula is C34H58O3SSi. The molecule has 0 unspecified atom stereocenters. The van der Waals surface area contributed by atoms with Crippen LogP contribution >= 0.6 is 0 Å². The first-order valence-electron chi connectivity index (χ1n) is 16.0. The van der Waals surface area contributed by atoms with Gasteiger partial charge in [-0.15, -0.1) is 0 Å². The van der Waals surface area contributed by atoms with Crippen LogP contribution in [0, 0.1) is 35.0 Å². The summed E-state index contributed by atoms with van der Waals surface area (Å²) >= 11 is 0. The van der Waals surface area contributed by atoms with Crippen molar-refractivity contribution < 1.29 is 12.8 Å². The maximum Gasteiger partial charge on any atom is 0.192 e. The van der Waals surface area contributed by atoms with Crippen LogP contribution in [-0.2, 0) is 14.3 Å². The van der Waals surface area contributed by atoms with Gasteiger partial charge in [0.05, 0.1) is 5.75 Å². The molecule has 7 atom stereocenters. The molecule has 4 aliphatic rings. The number of hydrogen-bond acceptors (Lipinski definition) is 3. The molecule has 0 radical (unpaired) electrons. The molecule has 1 heterocycles. The predicted octanol–water partition coefficient (Wildman–Crippen LogP) is 9.28.